The van der Waals surface area contributed by atoms with Crippen molar-refractivity contribution in [2.75, 3.05) is 0 Å². The van der Waals surface area contributed by atoms with Crippen LogP contribution in [0.1, 0.15) is 25.0 Å². The normalized spacial score (nSPS) is 13.2. The Morgan fingerprint density at radius 3 is 1.58 bits per heavy atom. The van der Waals surface area contributed by atoms with Crippen LogP contribution in [-0.4, -0.2) is 24.1 Å². The van der Waals surface area contributed by atoms with E-state index in [1.807, 2.05) is 18.2 Å². The molecule has 250 valence electrons. The zero-order chi connectivity index (χ0) is 35.3. The van der Waals surface area contributed by atoms with Gasteiger partial charge in [0.2, 0.25) is 5.95 Å². The molecule has 7 aromatic carbocycles. The number of rotatable bonds is 4. The molecule has 0 fully saturated rings. The first kappa shape index (κ1) is 29.8. The molecule has 5 nitrogen and oxygen atoms in total. The predicted octanol–water partition coefficient (Wildman–Crippen LogP) is 11.7. The molecule has 0 saturated carbocycles. The molecule has 0 amide bonds. The molecule has 0 saturated heterocycles. The van der Waals surface area contributed by atoms with E-state index < -0.39 is 0 Å². The molecule has 53 heavy (non-hydrogen) atoms. The summed E-state index contributed by atoms with van der Waals surface area (Å²) in [6.45, 7) is 4.69. The van der Waals surface area contributed by atoms with Gasteiger partial charge in [0.25, 0.3) is 0 Å². The zero-order valence-corrected chi connectivity index (χ0v) is 29.3. The quantitative estimate of drug-likeness (QED) is 0.186. The molecule has 5 heteroatoms. The van der Waals surface area contributed by atoms with Gasteiger partial charge in [-0.25, -0.2) is 4.98 Å². The van der Waals surface area contributed by atoms with Crippen LogP contribution in [-0.2, 0) is 5.41 Å². The van der Waals surface area contributed by atoms with Gasteiger partial charge in [0.05, 0.1) is 22.1 Å². The number of nitrogens with zero attached hydrogens (tertiary/aromatic N) is 5. The molecule has 1 aliphatic carbocycles. The van der Waals surface area contributed by atoms with Gasteiger partial charge >= 0.3 is 0 Å². The molecule has 0 N–H and O–H groups in total. The third-order valence-electron chi connectivity index (χ3n) is 11.2. The van der Waals surface area contributed by atoms with E-state index in [2.05, 4.69) is 169 Å². The summed E-state index contributed by atoms with van der Waals surface area (Å²) in [6, 6.07) is 58.2. The van der Waals surface area contributed by atoms with Crippen LogP contribution >= 0.6 is 0 Å². The molecule has 0 unspecified atom stereocenters. The summed E-state index contributed by atoms with van der Waals surface area (Å²) < 4.78 is 4.56. The summed E-state index contributed by atoms with van der Waals surface area (Å²) in [4.78, 5) is 15.3. The Balaban J connectivity index is 1.10. The highest BCUT2D eigenvalue weighted by Gasteiger charge is 2.36. The highest BCUT2D eigenvalue weighted by molar-refractivity contribution is 6.12. The van der Waals surface area contributed by atoms with E-state index in [-0.39, 0.29) is 5.41 Å². The van der Waals surface area contributed by atoms with Crippen molar-refractivity contribution in [3.63, 3.8) is 0 Å². The number of hydrogen-bond donors (Lipinski definition) is 0. The van der Waals surface area contributed by atoms with Gasteiger partial charge in [-0.1, -0.05) is 123 Å². The van der Waals surface area contributed by atoms with Gasteiger partial charge in [-0.15, -0.1) is 0 Å². The molecule has 0 bridgehead atoms. The van der Waals surface area contributed by atoms with Crippen LogP contribution in [0.2, 0.25) is 0 Å². The van der Waals surface area contributed by atoms with Crippen molar-refractivity contribution in [1.82, 2.24) is 24.1 Å². The highest BCUT2D eigenvalue weighted by Crippen LogP contribution is 2.51. The summed E-state index contributed by atoms with van der Waals surface area (Å²) in [6.07, 6.45) is 0. The van der Waals surface area contributed by atoms with Crippen LogP contribution in [0.25, 0.3) is 89.2 Å². The third kappa shape index (κ3) is 4.34. The van der Waals surface area contributed by atoms with Crippen molar-refractivity contribution in [2.45, 2.75) is 19.3 Å². The fourth-order valence-electron chi connectivity index (χ4n) is 8.65. The molecule has 3 heterocycles. The standard InChI is InChI=1S/C48H33N5/c1-48(2)39-20-10-6-16-33(39)37-29-44-38(28-40(37)48)36-19-9-11-21-41(36)52(44)32-26-24-31(25-27-32)46-49-45(30-14-4-3-5-15-30)50-47(51-46)53-42-22-12-7-17-34(42)35-18-8-13-23-43(35)53/h3-29H,1-2H3. The molecule has 0 radical (unpaired) electrons. The zero-order valence-electron chi connectivity index (χ0n) is 29.3. The Kier molecular flexibility index (Phi) is 6.23. The summed E-state index contributed by atoms with van der Waals surface area (Å²) in [5.41, 5.74) is 12.8. The molecular formula is C48H33N5. The van der Waals surface area contributed by atoms with Crippen LogP contribution in [0, 0.1) is 0 Å². The third-order valence-corrected chi connectivity index (χ3v) is 11.2. The van der Waals surface area contributed by atoms with E-state index in [1.165, 1.54) is 54.8 Å². The lowest BCUT2D eigenvalue weighted by Crippen LogP contribution is -2.14. The minimum atomic E-state index is -0.0633. The summed E-state index contributed by atoms with van der Waals surface area (Å²) in [5.74, 6) is 1.85. The second-order valence-electron chi connectivity index (χ2n) is 14.5. The van der Waals surface area contributed by atoms with Gasteiger partial charge < -0.3 is 4.57 Å². The van der Waals surface area contributed by atoms with Gasteiger partial charge in [-0.2, -0.15) is 9.97 Å². The Labute approximate surface area is 306 Å². The maximum absolute atomic E-state index is 5.17. The number of aromatic nitrogens is 5. The fourth-order valence-corrected chi connectivity index (χ4v) is 8.65. The largest absolute Gasteiger partial charge is 0.309 e. The summed E-state index contributed by atoms with van der Waals surface area (Å²) in [5, 5.41) is 4.85. The first-order valence-electron chi connectivity index (χ1n) is 18.1. The lowest BCUT2D eigenvalue weighted by molar-refractivity contribution is 0.661. The minimum Gasteiger partial charge on any atom is -0.309 e. The van der Waals surface area contributed by atoms with Crippen LogP contribution < -0.4 is 0 Å². The number of benzene rings is 7. The van der Waals surface area contributed by atoms with Crippen molar-refractivity contribution in [2.24, 2.45) is 0 Å². The maximum atomic E-state index is 5.17. The van der Waals surface area contributed by atoms with Gasteiger partial charge in [-0.3, -0.25) is 4.57 Å². The van der Waals surface area contributed by atoms with Crippen molar-refractivity contribution in [3.05, 3.63) is 175 Å². The van der Waals surface area contributed by atoms with Crippen molar-refractivity contribution >= 4 is 43.6 Å². The van der Waals surface area contributed by atoms with Crippen LogP contribution in [0.3, 0.4) is 0 Å². The topological polar surface area (TPSA) is 48.5 Å². The smallest absolute Gasteiger partial charge is 0.238 e. The lowest BCUT2D eigenvalue weighted by atomic mass is 9.82. The van der Waals surface area contributed by atoms with Crippen LogP contribution in [0.5, 0.6) is 0 Å². The van der Waals surface area contributed by atoms with Gasteiger partial charge in [-0.05, 0) is 76.9 Å². The second kappa shape index (κ2) is 11.1. The number of fused-ring (bicyclic) bond motifs is 9. The Bertz CT molecular complexity index is 3020. The average Bonchev–Trinajstić information content (AvgIpc) is 3.80. The number of hydrogen-bond acceptors (Lipinski definition) is 3. The fraction of sp³-hybridized carbons (Fsp3) is 0.0625. The lowest BCUT2D eigenvalue weighted by Gasteiger charge is -2.21. The van der Waals surface area contributed by atoms with Crippen LogP contribution in [0.4, 0.5) is 0 Å². The molecule has 0 atom stereocenters. The Hall–Kier alpha value is -6.85. The van der Waals surface area contributed by atoms with Crippen molar-refractivity contribution in [1.29, 1.82) is 0 Å². The van der Waals surface area contributed by atoms with E-state index in [4.69, 9.17) is 15.0 Å². The first-order valence-corrected chi connectivity index (χ1v) is 18.1. The number of para-hydroxylation sites is 3. The predicted molar refractivity (Wildman–Crippen MR) is 217 cm³/mol. The second-order valence-corrected chi connectivity index (χ2v) is 14.5. The summed E-state index contributed by atoms with van der Waals surface area (Å²) >= 11 is 0. The monoisotopic (exact) mass is 679 g/mol. The van der Waals surface area contributed by atoms with Gasteiger partial charge in [0, 0.05) is 43.8 Å². The maximum Gasteiger partial charge on any atom is 0.238 e. The molecule has 10 aromatic rings. The van der Waals surface area contributed by atoms with Crippen molar-refractivity contribution in [3.8, 4) is 45.5 Å². The highest BCUT2D eigenvalue weighted by atomic mass is 15.2. The Morgan fingerprint density at radius 1 is 0.396 bits per heavy atom. The molecule has 0 aliphatic heterocycles. The van der Waals surface area contributed by atoms with Crippen LogP contribution in [0.15, 0.2) is 164 Å². The molecule has 11 rings (SSSR count). The first-order chi connectivity index (χ1) is 26.0. The molecule has 0 spiro atoms. The molecule has 1 aliphatic rings. The van der Waals surface area contributed by atoms with Crippen molar-refractivity contribution < 1.29 is 0 Å². The molecular weight excluding hydrogens is 647 g/mol. The Morgan fingerprint density at radius 2 is 0.925 bits per heavy atom. The van der Waals surface area contributed by atoms with E-state index in [0.717, 1.165) is 27.8 Å². The van der Waals surface area contributed by atoms with Gasteiger partial charge in [0.1, 0.15) is 0 Å². The minimum absolute atomic E-state index is 0.0633. The SMILES string of the molecule is CC1(C)c2ccccc2-c2cc3c(cc21)c1ccccc1n3-c1ccc(-c2nc(-c3ccccc3)nc(-n3c4ccccc4c4ccccc43)n2)cc1. The molecule has 3 aromatic heterocycles. The van der Waals surface area contributed by atoms with Gasteiger partial charge in [0.15, 0.2) is 11.6 Å². The van der Waals surface area contributed by atoms with E-state index in [1.54, 1.807) is 0 Å². The van der Waals surface area contributed by atoms with E-state index in [9.17, 15) is 0 Å². The summed E-state index contributed by atoms with van der Waals surface area (Å²) in [7, 11) is 0. The average molecular weight is 680 g/mol. The van der Waals surface area contributed by atoms with E-state index >= 15 is 0 Å². The van der Waals surface area contributed by atoms with E-state index in [0.29, 0.717) is 17.6 Å².